The highest BCUT2D eigenvalue weighted by Crippen LogP contribution is 2.64. The maximum atomic E-state index is 14.5. The van der Waals surface area contributed by atoms with Crippen molar-refractivity contribution in [3.8, 4) is 0 Å². The van der Waals surface area contributed by atoms with E-state index in [0.29, 0.717) is 24.9 Å². The minimum absolute atomic E-state index is 0.0241. The van der Waals surface area contributed by atoms with E-state index in [1.165, 1.54) is 11.0 Å². The predicted octanol–water partition coefficient (Wildman–Crippen LogP) is 3.42. The lowest BCUT2D eigenvalue weighted by Crippen LogP contribution is -2.58. The van der Waals surface area contributed by atoms with E-state index in [1.807, 2.05) is 44.2 Å². The number of fused-ring (bicyclic) bond motifs is 1. The van der Waals surface area contributed by atoms with E-state index in [-0.39, 0.29) is 31.1 Å². The summed E-state index contributed by atoms with van der Waals surface area (Å²) >= 11 is 0. The van der Waals surface area contributed by atoms with Gasteiger partial charge in [0, 0.05) is 12.6 Å². The Morgan fingerprint density at radius 2 is 1.97 bits per heavy atom. The van der Waals surface area contributed by atoms with Crippen molar-refractivity contribution < 1.29 is 29.0 Å². The second kappa shape index (κ2) is 11.0. The Labute approximate surface area is 225 Å². The van der Waals surface area contributed by atoms with Crippen LogP contribution in [0.15, 0.2) is 55.6 Å². The van der Waals surface area contributed by atoms with Crippen molar-refractivity contribution in [2.75, 3.05) is 19.8 Å². The zero-order chi connectivity index (χ0) is 27.7. The highest BCUT2D eigenvalue weighted by atomic mass is 16.6. The number of rotatable bonds is 12. The second-order valence-electron chi connectivity index (χ2n) is 10.9. The molecule has 0 aliphatic carbocycles. The van der Waals surface area contributed by atoms with Crippen LogP contribution < -0.4 is 0 Å². The summed E-state index contributed by atoms with van der Waals surface area (Å²) in [6.07, 6.45) is 5.81. The summed E-state index contributed by atoms with van der Waals surface area (Å²) < 4.78 is 12.1. The quantitative estimate of drug-likeness (QED) is 0.333. The first-order chi connectivity index (χ1) is 18.2. The molecule has 4 rings (SSSR count). The number of benzene rings is 1. The molecule has 3 aliphatic heterocycles. The molecule has 206 valence electrons. The van der Waals surface area contributed by atoms with Gasteiger partial charge in [0.15, 0.2) is 0 Å². The van der Waals surface area contributed by atoms with Crippen LogP contribution in [0.3, 0.4) is 0 Å². The Morgan fingerprint density at radius 1 is 1.26 bits per heavy atom. The average molecular weight is 525 g/mol. The highest BCUT2D eigenvalue weighted by molar-refractivity contribution is 5.99. The lowest BCUT2D eigenvalue weighted by atomic mass is 9.66. The lowest BCUT2D eigenvalue weighted by Gasteiger charge is -2.41. The van der Waals surface area contributed by atoms with Gasteiger partial charge in [-0.1, -0.05) is 62.4 Å². The number of amides is 2. The number of aliphatic hydroxyl groups excluding tert-OH is 1. The van der Waals surface area contributed by atoms with Crippen LogP contribution in [-0.4, -0.2) is 75.7 Å². The number of aliphatic hydroxyl groups is 1. The van der Waals surface area contributed by atoms with E-state index < -0.39 is 41.1 Å². The van der Waals surface area contributed by atoms with Crippen molar-refractivity contribution in [1.82, 2.24) is 9.80 Å². The molecule has 3 fully saturated rings. The average Bonchev–Trinajstić information content (AvgIpc) is 3.48. The van der Waals surface area contributed by atoms with E-state index in [4.69, 9.17) is 9.47 Å². The van der Waals surface area contributed by atoms with Crippen molar-refractivity contribution >= 4 is 17.8 Å². The first-order valence-electron chi connectivity index (χ1n) is 13.6. The largest absolute Gasteiger partial charge is 0.461 e. The zero-order valence-corrected chi connectivity index (χ0v) is 22.7. The Morgan fingerprint density at radius 3 is 2.58 bits per heavy atom. The molecule has 8 heteroatoms. The second-order valence-corrected chi connectivity index (χ2v) is 10.9. The van der Waals surface area contributed by atoms with E-state index >= 15 is 0 Å². The van der Waals surface area contributed by atoms with E-state index in [0.717, 1.165) is 12.8 Å². The molecule has 7 atom stereocenters. The van der Waals surface area contributed by atoms with E-state index in [9.17, 15) is 19.5 Å². The van der Waals surface area contributed by atoms with E-state index in [2.05, 4.69) is 20.1 Å². The van der Waals surface area contributed by atoms with Gasteiger partial charge in [-0.25, -0.2) is 0 Å². The van der Waals surface area contributed by atoms with Crippen LogP contribution in [0.5, 0.6) is 0 Å². The van der Waals surface area contributed by atoms with Gasteiger partial charge in [-0.15, -0.1) is 6.58 Å². The number of hydrogen-bond acceptors (Lipinski definition) is 6. The number of carbonyl (C=O) groups excluding carboxylic acids is 3. The van der Waals surface area contributed by atoms with Gasteiger partial charge in [-0.2, -0.15) is 0 Å². The Bertz CT molecular complexity index is 1080. The third kappa shape index (κ3) is 4.37. The van der Waals surface area contributed by atoms with Gasteiger partial charge in [0.05, 0.1) is 24.2 Å². The standard InChI is InChI=1S/C30H40N2O6/c1-6-12-20(4)31(17-7-2)27(35)25-30-16-15-29(5,38-30)24(28(36)37-18-8-3)23(30)26(34)32(25)22(19-33)21-13-10-9-11-14-21/h7-11,13-14,20,22-25,33H,2-3,6,12,15-19H2,1,4-5H3/t20?,22-,23+,24-,25?,29+,30?/m1/s1. The third-order valence-electron chi connectivity index (χ3n) is 8.59. The van der Waals surface area contributed by atoms with Gasteiger partial charge < -0.3 is 24.4 Å². The summed E-state index contributed by atoms with van der Waals surface area (Å²) in [6, 6.07) is 7.32. The smallest absolute Gasteiger partial charge is 0.313 e. The molecule has 1 spiro atoms. The summed E-state index contributed by atoms with van der Waals surface area (Å²) in [7, 11) is 0. The molecule has 3 heterocycles. The van der Waals surface area contributed by atoms with Gasteiger partial charge in [-0.05, 0) is 38.7 Å². The molecule has 0 radical (unpaired) electrons. The number of nitrogens with zero attached hydrogens (tertiary/aromatic N) is 2. The zero-order valence-electron chi connectivity index (χ0n) is 22.7. The summed E-state index contributed by atoms with van der Waals surface area (Å²) in [6.45, 7) is 13.3. The van der Waals surface area contributed by atoms with Crippen molar-refractivity contribution in [2.45, 2.75) is 75.8 Å². The van der Waals surface area contributed by atoms with Gasteiger partial charge in [-0.3, -0.25) is 14.4 Å². The lowest BCUT2D eigenvalue weighted by molar-refractivity contribution is -0.161. The third-order valence-corrected chi connectivity index (χ3v) is 8.59. The number of ether oxygens (including phenoxy) is 2. The molecule has 0 aromatic heterocycles. The fourth-order valence-electron chi connectivity index (χ4n) is 6.95. The minimum atomic E-state index is -1.20. The Kier molecular flexibility index (Phi) is 8.14. The van der Waals surface area contributed by atoms with E-state index in [1.54, 1.807) is 11.0 Å². The van der Waals surface area contributed by atoms with Gasteiger partial charge in [0.25, 0.3) is 0 Å². The molecule has 0 saturated carbocycles. The fraction of sp³-hybridized carbons (Fsp3) is 0.567. The van der Waals surface area contributed by atoms with Crippen LogP contribution in [0.25, 0.3) is 0 Å². The molecule has 1 N–H and O–H groups in total. The van der Waals surface area contributed by atoms with Crippen molar-refractivity contribution in [3.63, 3.8) is 0 Å². The normalized spacial score (nSPS) is 31.0. The van der Waals surface area contributed by atoms with Gasteiger partial charge in [0.2, 0.25) is 11.8 Å². The van der Waals surface area contributed by atoms with Gasteiger partial charge in [0.1, 0.15) is 24.2 Å². The number of carbonyl (C=O) groups is 3. The molecule has 3 unspecified atom stereocenters. The van der Waals surface area contributed by atoms with Crippen molar-refractivity contribution in [2.24, 2.45) is 11.8 Å². The molecule has 3 saturated heterocycles. The van der Waals surface area contributed by atoms with Gasteiger partial charge >= 0.3 is 5.97 Å². The SMILES string of the molecule is C=CCOC(=O)[C@H]1[C@H]2C(=O)N([C@H](CO)c3ccccc3)C(C(=O)N(CC=C)C(C)CCC)C23CC[C@]1(C)O3. The summed E-state index contributed by atoms with van der Waals surface area (Å²) in [5, 5.41) is 10.6. The highest BCUT2D eigenvalue weighted by Gasteiger charge is 2.79. The van der Waals surface area contributed by atoms with Crippen molar-refractivity contribution in [1.29, 1.82) is 0 Å². The molecule has 1 aromatic carbocycles. The molecular formula is C30H40N2O6. The topological polar surface area (TPSA) is 96.4 Å². The Balaban J connectivity index is 1.85. The van der Waals surface area contributed by atoms with Crippen LogP contribution in [0.1, 0.15) is 58.1 Å². The number of likely N-dealkylation sites (tertiary alicyclic amines) is 1. The van der Waals surface area contributed by atoms with Crippen LogP contribution in [-0.2, 0) is 23.9 Å². The molecule has 1 aromatic rings. The Hall–Kier alpha value is -2.97. The molecular weight excluding hydrogens is 484 g/mol. The number of hydrogen-bond donors (Lipinski definition) is 1. The molecule has 8 nitrogen and oxygen atoms in total. The fourth-order valence-corrected chi connectivity index (χ4v) is 6.95. The van der Waals surface area contributed by atoms with Crippen LogP contribution in [0.4, 0.5) is 0 Å². The maximum absolute atomic E-state index is 14.5. The van der Waals surface area contributed by atoms with Crippen molar-refractivity contribution in [3.05, 3.63) is 61.2 Å². The number of esters is 1. The summed E-state index contributed by atoms with van der Waals surface area (Å²) in [5.41, 5.74) is -1.42. The maximum Gasteiger partial charge on any atom is 0.313 e. The van der Waals surface area contributed by atoms with Crippen LogP contribution >= 0.6 is 0 Å². The molecule has 2 bridgehead atoms. The summed E-state index contributed by atoms with van der Waals surface area (Å²) in [5.74, 6) is -2.89. The van der Waals surface area contributed by atoms with Crippen LogP contribution in [0, 0.1) is 11.8 Å². The first-order valence-corrected chi connectivity index (χ1v) is 13.6. The molecule has 3 aliphatic rings. The first kappa shape index (κ1) is 28.0. The molecule has 38 heavy (non-hydrogen) atoms. The minimum Gasteiger partial charge on any atom is -0.461 e. The summed E-state index contributed by atoms with van der Waals surface area (Å²) in [4.78, 5) is 45.5. The molecule has 2 amide bonds. The monoisotopic (exact) mass is 524 g/mol. The van der Waals surface area contributed by atoms with Crippen LogP contribution in [0.2, 0.25) is 0 Å². The predicted molar refractivity (Wildman–Crippen MR) is 143 cm³/mol.